The van der Waals surface area contributed by atoms with Crippen molar-refractivity contribution in [2.45, 2.75) is 46.2 Å². The van der Waals surface area contributed by atoms with Crippen molar-refractivity contribution in [3.05, 3.63) is 0 Å². The number of aliphatic hydroxyl groups is 1. The Balaban J connectivity index is 4.15. The molecule has 0 aliphatic rings. The predicted molar refractivity (Wildman–Crippen MR) is 66.1 cm³/mol. The molecule has 0 radical (unpaired) electrons. The molecule has 0 heterocycles. The van der Waals surface area contributed by atoms with E-state index in [0.29, 0.717) is 17.5 Å². The number of nitrogens with zero attached hydrogens (tertiary/aromatic N) is 1. The Hall–Kier alpha value is -0.120. The second kappa shape index (κ2) is 6.46. The van der Waals surface area contributed by atoms with Crippen LogP contribution in [-0.4, -0.2) is 49.3 Å². The molecule has 2 N–H and O–H groups in total. The van der Waals surface area contributed by atoms with E-state index in [0.717, 1.165) is 13.0 Å². The van der Waals surface area contributed by atoms with Gasteiger partial charge in [-0.2, -0.15) is 0 Å². The van der Waals surface area contributed by atoms with Crippen LogP contribution in [0.2, 0.25) is 0 Å². The van der Waals surface area contributed by atoms with Crippen molar-refractivity contribution in [2.75, 3.05) is 27.2 Å². The monoisotopic (exact) mass is 216 g/mol. The summed E-state index contributed by atoms with van der Waals surface area (Å²) in [6.07, 6.45) is 0.817. The summed E-state index contributed by atoms with van der Waals surface area (Å²) in [4.78, 5) is 2.36. The molecule has 0 saturated heterocycles. The van der Waals surface area contributed by atoms with Crippen molar-refractivity contribution in [2.24, 2.45) is 5.41 Å². The fourth-order valence-electron chi connectivity index (χ4n) is 1.65. The van der Waals surface area contributed by atoms with Crippen molar-refractivity contribution in [3.8, 4) is 0 Å². The molecular weight excluding hydrogens is 188 g/mol. The van der Waals surface area contributed by atoms with E-state index in [1.165, 1.54) is 0 Å². The summed E-state index contributed by atoms with van der Waals surface area (Å²) < 4.78 is 0. The average molecular weight is 216 g/mol. The van der Waals surface area contributed by atoms with Crippen LogP contribution in [-0.2, 0) is 0 Å². The minimum absolute atomic E-state index is 0.253. The van der Waals surface area contributed by atoms with Crippen LogP contribution in [0.3, 0.4) is 0 Å². The second-order valence-corrected chi connectivity index (χ2v) is 5.48. The SMILES string of the molecule is CNC(CCO)CN(C)C(C)C(C)(C)C. The van der Waals surface area contributed by atoms with Gasteiger partial charge < -0.3 is 15.3 Å². The number of rotatable bonds is 6. The van der Waals surface area contributed by atoms with E-state index < -0.39 is 0 Å². The lowest BCUT2D eigenvalue weighted by molar-refractivity contribution is 0.124. The van der Waals surface area contributed by atoms with Gasteiger partial charge in [0.1, 0.15) is 0 Å². The number of hydrogen-bond donors (Lipinski definition) is 2. The molecule has 0 fully saturated rings. The first-order valence-electron chi connectivity index (χ1n) is 5.81. The zero-order valence-corrected chi connectivity index (χ0v) is 11.2. The zero-order valence-electron chi connectivity index (χ0n) is 11.2. The van der Waals surface area contributed by atoms with Crippen LogP contribution in [0.5, 0.6) is 0 Å². The maximum atomic E-state index is 8.92. The first-order chi connectivity index (χ1) is 6.82. The van der Waals surface area contributed by atoms with E-state index in [1.807, 2.05) is 7.05 Å². The van der Waals surface area contributed by atoms with Gasteiger partial charge in [0.05, 0.1) is 0 Å². The van der Waals surface area contributed by atoms with Crippen LogP contribution in [0.25, 0.3) is 0 Å². The quantitative estimate of drug-likeness (QED) is 0.703. The summed E-state index contributed by atoms with van der Waals surface area (Å²) in [6.45, 7) is 10.3. The van der Waals surface area contributed by atoms with Crippen LogP contribution in [0.1, 0.15) is 34.1 Å². The van der Waals surface area contributed by atoms with E-state index in [9.17, 15) is 0 Å². The lowest BCUT2D eigenvalue weighted by Gasteiger charge is -2.37. The lowest BCUT2D eigenvalue weighted by Crippen LogP contribution is -2.46. The third-order valence-electron chi connectivity index (χ3n) is 3.31. The van der Waals surface area contributed by atoms with Crippen LogP contribution in [0.4, 0.5) is 0 Å². The van der Waals surface area contributed by atoms with Gasteiger partial charge in [0.15, 0.2) is 0 Å². The van der Waals surface area contributed by atoms with Crippen molar-refractivity contribution >= 4 is 0 Å². The molecule has 0 spiro atoms. The first kappa shape index (κ1) is 14.9. The largest absolute Gasteiger partial charge is 0.396 e. The molecular formula is C12H28N2O. The minimum atomic E-state index is 0.253. The molecule has 0 aromatic carbocycles. The molecule has 0 aliphatic heterocycles. The highest BCUT2D eigenvalue weighted by Crippen LogP contribution is 2.23. The molecule has 0 aromatic rings. The van der Waals surface area contributed by atoms with E-state index in [2.05, 4.69) is 45.0 Å². The summed E-state index contributed by atoms with van der Waals surface area (Å²) >= 11 is 0. The Kier molecular flexibility index (Phi) is 6.41. The topological polar surface area (TPSA) is 35.5 Å². The Bertz CT molecular complexity index is 165. The number of hydrogen-bond acceptors (Lipinski definition) is 3. The van der Waals surface area contributed by atoms with E-state index in [-0.39, 0.29) is 6.61 Å². The molecule has 2 atom stereocenters. The molecule has 0 saturated carbocycles. The summed E-state index contributed by atoms with van der Waals surface area (Å²) in [5.41, 5.74) is 0.298. The summed E-state index contributed by atoms with van der Waals surface area (Å²) in [6, 6.07) is 0.914. The third-order valence-corrected chi connectivity index (χ3v) is 3.31. The molecule has 0 amide bonds. The van der Waals surface area contributed by atoms with Crippen LogP contribution in [0, 0.1) is 5.41 Å². The maximum Gasteiger partial charge on any atom is 0.0446 e. The molecule has 92 valence electrons. The normalized spacial score (nSPS) is 16.8. The van der Waals surface area contributed by atoms with E-state index in [4.69, 9.17) is 5.11 Å². The fraction of sp³-hybridized carbons (Fsp3) is 1.00. The first-order valence-corrected chi connectivity index (χ1v) is 5.81. The molecule has 0 aliphatic carbocycles. The Morgan fingerprint density at radius 2 is 1.87 bits per heavy atom. The highest BCUT2D eigenvalue weighted by molar-refractivity contribution is 4.80. The maximum absolute atomic E-state index is 8.92. The van der Waals surface area contributed by atoms with Crippen LogP contribution >= 0.6 is 0 Å². The Morgan fingerprint density at radius 1 is 1.33 bits per heavy atom. The number of aliphatic hydroxyl groups excluding tert-OH is 1. The number of nitrogens with one attached hydrogen (secondary N) is 1. The molecule has 2 unspecified atom stereocenters. The minimum Gasteiger partial charge on any atom is -0.396 e. The van der Waals surface area contributed by atoms with Crippen molar-refractivity contribution in [3.63, 3.8) is 0 Å². The summed E-state index contributed by atoms with van der Waals surface area (Å²) in [7, 11) is 4.10. The van der Waals surface area contributed by atoms with Gasteiger partial charge in [-0.1, -0.05) is 20.8 Å². The average Bonchev–Trinajstić information content (AvgIpc) is 2.14. The van der Waals surface area contributed by atoms with E-state index >= 15 is 0 Å². The van der Waals surface area contributed by atoms with E-state index in [1.54, 1.807) is 0 Å². The molecule has 3 heteroatoms. The molecule has 0 rings (SSSR count). The van der Waals surface area contributed by atoms with Gasteiger partial charge in [-0.15, -0.1) is 0 Å². The van der Waals surface area contributed by atoms with Crippen molar-refractivity contribution in [1.82, 2.24) is 10.2 Å². The van der Waals surface area contributed by atoms with Gasteiger partial charge in [0.2, 0.25) is 0 Å². The zero-order chi connectivity index (χ0) is 12.1. The van der Waals surface area contributed by atoms with Gasteiger partial charge in [0.25, 0.3) is 0 Å². The van der Waals surface area contributed by atoms with Gasteiger partial charge in [-0.05, 0) is 32.9 Å². The lowest BCUT2D eigenvalue weighted by atomic mass is 9.87. The van der Waals surface area contributed by atoms with Gasteiger partial charge in [-0.25, -0.2) is 0 Å². The van der Waals surface area contributed by atoms with Gasteiger partial charge in [0, 0.05) is 25.2 Å². The molecule has 0 bridgehead atoms. The van der Waals surface area contributed by atoms with Gasteiger partial charge >= 0.3 is 0 Å². The Morgan fingerprint density at radius 3 is 2.20 bits per heavy atom. The molecule has 15 heavy (non-hydrogen) atoms. The highest BCUT2D eigenvalue weighted by atomic mass is 16.3. The second-order valence-electron chi connectivity index (χ2n) is 5.48. The number of likely N-dealkylation sites (N-methyl/N-ethyl adjacent to an activating group) is 2. The standard InChI is InChI=1S/C12H28N2O/c1-10(12(2,3)4)14(6)9-11(13-5)7-8-15/h10-11,13,15H,7-9H2,1-6H3. The smallest absolute Gasteiger partial charge is 0.0446 e. The van der Waals surface area contributed by atoms with Crippen molar-refractivity contribution in [1.29, 1.82) is 0 Å². The third kappa shape index (κ3) is 5.50. The van der Waals surface area contributed by atoms with Crippen LogP contribution < -0.4 is 5.32 Å². The highest BCUT2D eigenvalue weighted by Gasteiger charge is 2.24. The molecule has 3 nitrogen and oxygen atoms in total. The summed E-state index contributed by atoms with van der Waals surface area (Å²) in [5.74, 6) is 0. The Labute approximate surface area is 94.9 Å². The van der Waals surface area contributed by atoms with Crippen molar-refractivity contribution < 1.29 is 5.11 Å². The predicted octanol–water partition coefficient (Wildman–Crippen LogP) is 1.32. The van der Waals surface area contributed by atoms with Gasteiger partial charge in [-0.3, -0.25) is 0 Å². The molecule has 0 aromatic heterocycles. The fourth-order valence-corrected chi connectivity index (χ4v) is 1.65. The summed E-state index contributed by atoms with van der Waals surface area (Å²) in [5, 5.41) is 12.2. The van der Waals surface area contributed by atoms with Crippen LogP contribution in [0.15, 0.2) is 0 Å².